The minimum Gasteiger partial charge on any atom is -0.475 e. The van der Waals surface area contributed by atoms with Gasteiger partial charge < -0.3 is 21.3 Å². The Balaban J connectivity index is 0.000000370. The predicted molar refractivity (Wildman–Crippen MR) is 93.2 cm³/mol. The van der Waals surface area contributed by atoms with Gasteiger partial charge in [-0.15, -0.1) is 0 Å². The molecule has 2 aliphatic heterocycles. The highest BCUT2D eigenvalue weighted by Gasteiger charge is 2.46. The summed E-state index contributed by atoms with van der Waals surface area (Å²) in [5.41, 5.74) is 11.6. The molecular weight excluding hydrogens is 397 g/mol. The molecular formula is C17H19F3N4O5. The normalized spacial score (nSPS) is 23.3. The van der Waals surface area contributed by atoms with Crippen molar-refractivity contribution in [3.05, 3.63) is 29.1 Å². The molecule has 0 bridgehead atoms. The summed E-state index contributed by atoms with van der Waals surface area (Å²) < 4.78 is 37.2. The molecule has 1 aromatic rings. The van der Waals surface area contributed by atoms with Crippen LogP contribution in [0.15, 0.2) is 17.3 Å². The number of aromatic nitrogens is 1. The summed E-state index contributed by atoms with van der Waals surface area (Å²) in [7, 11) is 0. The lowest BCUT2D eigenvalue weighted by Gasteiger charge is -2.38. The summed E-state index contributed by atoms with van der Waals surface area (Å²) in [6.45, 7) is 1.15. The van der Waals surface area contributed by atoms with Crippen LogP contribution >= 0.6 is 0 Å². The molecule has 12 heteroatoms. The smallest absolute Gasteiger partial charge is 0.475 e. The fourth-order valence-electron chi connectivity index (χ4n) is 3.14. The standard InChI is InChI=1S/C15H18N4O3.C2HF3O2/c16-13(20)10-4-9-5-15(14(17)21,11-2-1-3-22-8-11)19-7-12(9)18-6-10;3-2(4,5)1(6)7/h4,6-7,11H,1-3,5,8H2,(H2,16,20)(H2,17,21);(H,6,7). The number of carboxylic acid groups (broad SMARTS) is 1. The molecule has 29 heavy (non-hydrogen) atoms. The van der Waals surface area contributed by atoms with Gasteiger partial charge in [-0.1, -0.05) is 0 Å². The first-order valence-corrected chi connectivity index (χ1v) is 8.49. The lowest BCUT2D eigenvalue weighted by molar-refractivity contribution is -0.192. The fraction of sp³-hybridized carbons (Fsp3) is 0.471. The molecule has 0 aromatic carbocycles. The van der Waals surface area contributed by atoms with Crippen LogP contribution < -0.4 is 11.5 Å². The summed E-state index contributed by atoms with van der Waals surface area (Å²) in [5, 5.41) is 7.12. The average molecular weight is 416 g/mol. The molecule has 0 radical (unpaired) electrons. The molecule has 2 unspecified atom stereocenters. The Morgan fingerprint density at radius 1 is 1.28 bits per heavy atom. The van der Waals surface area contributed by atoms with E-state index in [1.165, 1.54) is 6.20 Å². The highest BCUT2D eigenvalue weighted by atomic mass is 19.4. The molecule has 2 aliphatic rings. The monoisotopic (exact) mass is 416 g/mol. The van der Waals surface area contributed by atoms with Crippen LogP contribution in [0.3, 0.4) is 0 Å². The third kappa shape index (κ3) is 5.08. The zero-order chi connectivity index (χ0) is 21.8. The first-order valence-electron chi connectivity index (χ1n) is 8.49. The number of aliphatic imine (C=N–C) groups is 1. The van der Waals surface area contributed by atoms with E-state index in [0.29, 0.717) is 30.9 Å². The summed E-state index contributed by atoms with van der Waals surface area (Å²) >= 11 is 0. The second kappa shape index (κ2) is 8.55. The molecule has 158 valence electrons. The number of rotatable bonds is 3. The predicted octanol–water partition coefficient (Wildman–Crippen LogP) is 0.439. The van der Waals surface area contributed by atoms with Crippen molar-refractivity contribution in [2.24, 2.45) is 22.4 Å². The summed E-state index contributed by atoms with van der Waals surface area (Å²) in [6, 6.07) is 1.66. The van der Waals surface area contributed by atoms with Crippen LogP contribution in [0.25, 0.3) is 0 Å². The molecule has 1 aromatic heterocycles. The van der Waals surface area contributed by atoms with E-state index in [1.807, 2.05) is 0 Å². The van der Waals surface area contributed by atoms with Crippen molar-refractivity contribution in [3.63, 3.8) is 0 Å². The Morgan fingerprint density at radius 2 is 1.93 bits per heavy atom. The molecule has 3 heterocycles. The van der Waals surface area contributed by atoms with Crippen LogP contribution in [0.4, 0.5) is 13.2 Å². The van der Waals surface area contributed by atoms with Crippen molar-refractivity contribution in [1.29, 1.82) is 0 Å². The highest BCUT2D eigenvalue weighted by molar-refractivity contribution is 5.95. The number of halogens is 3. The van der Waals surface area contributed by atoms with Gasteiger partial charge in [0.05, 0.1) is 17.9 Å². The number of carbonyl (C=O) groups is 3. The number of pyridine rings is 1. The van der Waals surface area contributed by atoms with Crippen molar-refractivity contribution in [3.8, 4) is 0 Å². The number of nitrogens with two attached hydrogens (primary N) is 2. The van der Waals surface area contributed by atoms with Gasteiger partial charge in [0.1, 0.15) is 5.54 Å². The fourth-order valence-corrected chi connectivity index (χ4v) is 3.14. The number of carbonyl (C=O) groups excluding carboxylic acids is 2. The summed E-state index contributed by atoms with van der Waals surface area (Å²) in [5.74, 6) is -3.86. The number of aliphatic carboxylic acids is 1. The number of fused-ring (bicyclic) bond motifs is 1. The third-order valence-corrected chi connectivity index (χ3v) is 4.67. The lowest BCUT2D eigenvalue weighted by atomic mass is 9.74. The van der Waals surface area contributed by atoms with E-state index >= 15 is 0 Å². The second-order valence-electron chi connectivity index (χ2n) is 6.57. The van der Waals surface area contributed by atoms with Gasteiger partial charge in [0.15, 0.2) is 0 Å². The van der Waals surface area contributed by atoms with Crippen molar-refractivity contribution >= 4 is 24.0 Å². The maximum absolute atomic E-state index is 12.1. The molecule has 2 amide bonds. The Bertz CT molecular complexity index is 837. The number of amides is 2. The van der Waals surface area contributed by atoms with Crippen LogP contribution in [-0.2, 0) is 20.7 Å². The van der Waals surface area contributed by atoms with Gasteiger partial charge in [0.25, 0.3) is 0 Å². The van der Waals surface area contributed by atoms with E-state index < -0.39 is 29.5 Å². The zero-order valence-corrected chi connectivity index (χ0v) is 15.1. The van der Waals surface area contributed by atoms with E-state index in [1.54, 1.807) is 12.3 Å². The minimum atomic E-state index is -5.08. The van der Waals surface area contributed by atoms with Crippen LogP contribution in [0, 0.1) is 5.92 Å². The summed E-state index contributed by atoms with van der Waals surface area (Å²) in [4.78, 5) is 41.0. The number of hydrogen-bond acceptors (Lipinski definition) is 6. The van der Waals surface area contributed by atoms with Gasteiger partial charge >= 0.3 is 12.1 Å². The van der Waals surface area contributed by atoms with Gasteiger partial charge in [0, 0.05) is 31.4 Å². The zero-order valence-electron chi connectivity index (χ0n) is 15.1. The molecule has 9 nitrogen and oxygen atoms in total. The Morgan fingerprint density at radius 3 is 2.41 bits per heavy atom. The van der Waals surface area contributed by atoms with Crippen LogP contribution in [0.5, 0.6) is 0 Å². The molecule has 2 atom stereocenters. The van der Waals surface area contributed by atoms with E-state index in [4.69, 9.17) is 26.1 Å². The molecule has 3 rings (SSSR count). The van der Waals surface area contributed by atoms with Crippen LogP contribution in [0.1, 0.15) is 34.5 Å². The van der Waals surface area contributed by atoms with E-state index in [-0.39, 0.29) is 5.92 Å². The minimum absolute atomic E-state index is 0.0691. The number of nitrogens with zero attached hydrogens (tertiary/aromatic N) is 2. The number of primary amides is 2. The van der Waals surface area contributed by atoms with Gasteiger partial charge in [-0.2, -0.15) is 13.2 Å². The molecule has 1 saturated heterocycles. The van der Waals surface area contributed by atoms with Crippen molar-refractivity contribution in [1.82, 2.24) is 4.98 Å². The largest absolute Gasteiger partial charge is 0.490 e. The molecule has 0 spiro atoms. The summed E-state index contributed by atoms with van der Waals surface area (Å²) in [6.07, 6.45) is -0.0896. The van der Waals surface area contributed by atoms with Gasteiger partial charge in [-0.3, -0.25) is 19.6 Å². The maximum atomic E-state index is 12.1. The first kappa shape index (κ1) is 22.3. The molecule has 5 N–H and O–H groups in total. The third-order valence-electron chi connectivity index (χ3n) is 4.67. The maximum Gasteiger partial charge on any atom is 0.490 e. The quantitative estimate of drug-likeness (QED) is 0.649. The number of ether oxygens (including phenoxy) is 1. The van der Waals surface area contributed by atoms with Gasteiger partial charge in [-0.25, -0.2) is 4.79 Å². The Labute approximate surface area is 162 Å². The first-order chi connectivity index (χ1) is 13.5. The SMILES string of the molecule is NC(=O)c1cnc2c(c1)CC(C(N)=O)(C1CCCOC1)N=C2.O=C(O)C(F)(F)F. The van der Waals surface area contributed by atoms with Crippen LogP contribution in [-0.4, -0.2) is 59.0 Å². The van der Waals surface area contributed by atoms with Crippen molar-refractivity contribution in [2.45, 2.75) is 31.0 Å². The van der Waals surface area contributed by atoms with Crippen LogP contribution in [0.2, 0.25) is 0 Å². The number of hydrogen-bond donors (Lipinski definition) is 3. The molecule has 0 aliphatic carbocycles. The average Bonchev–Trinajstić information content (AvgIpc) is 2.67. The number of alkyl halides is 3. The Kier molecular flexibility index (Phi) is 6.57. The van der Waals surface area contributed by atoms with E-state index in [2.05, 4.69) is 9.98 Å². The van der Waals surface area contributed by atoms with Crippen molar-refractivity contribution < 1.29 is 37.4 Å². The highest BCUT2D eigenvalue weighted by Crippen LogP contribution is 2.35. The number of carboxylic acids is 1. The second-order valence-corrected chi connectivity index (χ2v) is 6.57. The van der Waals surface area contributed by atoms with E-state index in [9.17, 15) is 22.8 Å². The Hall–Kier alpha value is -3.02. The van der Waals surface area contributed by atoms with Gasteiger partial charge in [0.2, 0.25) is 11.8 Å². The molecule has 0 saturated carbocycles. The topological polar surface area (TPSA) is 158 Å². The van der Waals surface area contributed by atoms with Gasteiger partial charge in [-0.05, 0) is 24.5 Å². The molecule has 1 fully saturated rings. The van der Waals surface area contributed by atoms with Crippen molar-refractivity contribution in [2.75, 3.05) is 13.2 Å². The van der Waals surface area contributed by atoms with E-state index in [0.717, 1.165) is 18.4 Å². The lowest BCUT2D eigenvalue weighted by Crippen LogP contribution is -2.54.